The number of hydrogen-bond donors (Lipinski definition) is 1. The van der Waals surface area contributed by atoms with Gasteiger partial charge in [0.2, 0.25) is 0 Å². The predicted molar refractivity (Wildman–Crippen MR) is 46.3 cm³/mol. The van der Waals surface area contributed by atoms with Gasteiger partial charge < -0.3 is 4.18 Å². The van der Waals surface area contributed by atoms with Crippen molar-refractivity contribution in [1.29, 1.82) is 0 Å². The minimum absolute atomic E-state index is 0.490. The maximum absolute atomic E-state index is 5.13. The van der Waals surface area contributed by atoms with Crippen molar-refractivity contribution in [3.63, 3.8) is 0 Å². The predicted octanol–water partition coefficient (Wildman–Crippen LogP) is 1.89. The first kappa shape index (κ1) is 7.51. The highest BCUT2D eigenvalue weighted by Gasteiger charge is 1.85. The normalized spacial score (nSPS) is 9.60. The lowest BCUT2D eigenvalue weighted by molar-refractivity contribution is 0.370. The molecule has 1 radical (unpaired) electrons. The monoisotopic (exact) mass is 153 g/mol. The van der Waals surface area contributed by atoms with E-state index in [1.165, 1.54) is 0 Å². The second kappa shape index (κ2) is 4.25. The SMILES string of the molecule is [CH]=[SH]OCc1ccccc1. The van der Waals surface area contributed by atoms with Gasteiger partial charge in [-0.25, -0.2) is 0 Å². The number of rotatable bonds is 3. The van der Waals surface area contributed by atoms with Gasteiger partial charge in [0.15, 0.2) is 0 Å². The summed E-state index contributed by atoms with van der Waals surface area (Å²) >= 11 is 0.490. The molecule has 0 bridgehead atoms. The zero-order chi connectivity index (χ0) is 7.23. The second-order valence-corrected chi connectivity index (χ2v) is 2.33. The molecule has 0 aliphatic carbocycles. The van der Waals surface area contributed by atoms with Crippen LogP contribution in [0.2, 0.25) is 0 Å². The fraction of sp³-hybridized carbons (Fsp3) is 0.125. The molecule has 0 spiro atoms. The lowest BCUT2D eigenvalue weighted by atomic mass is 10.2. The van der Waals surface area contributed by atoms with Crippen molar-refractivity contribution < 1.29 is 4.18 Å². The average molecular weight is 153 g/mol. The molecule has 53 valence electrons. The summed E-state index contributed by atoms with van der Waals surface area (Å²) in [7, 11) is 0. The quantitative estimate of drug-likeness (QED) is 0.515. The van der Waals surface area contributed by atoms with Crippen molar-refractivity contribution in [3.8, 4) is 0 Å². The van der Waals surface area contributed by atoms with Crippen LogP contribution < -0.4 is 0 Å². The van der Waals surface area contributed by atoms with E-state index in [1.54, 1.807) is 0 Å². The van der Waals surface area contributed by atoms with Crippen LogP contribution in [0.3, 0.4) is 0 Å². The lowest BCUT2D eigenvalue weighted by Gasteiger charge is -1.96. The maximum Gasteiger partial charge on any atom is 0.0854 e. The molecule has 0 heterocycles. The molecule has 0 atom stereocenters. The van der Waals surface area contributed by atoms with Crippen molar-refractivity contribution in [2.24, 2.45) is 0 Å². The fourth-order valence-electron chi connectivity index (χ4n) is 0.686. The Labute approximate surface area is 64.8 Å². The van der Waals surface area contributed by atoms with Gasteiger partial charge in [-0.1, -0.05) is 42.0 Å². The van der Waals surface area contributed by atoms with Gasteiger partial charge in [0.1, 0.15) is 0 Å². The van der Waals surface area contributed by atoms with E-state index in [0.717, 1.165) is 5.56 Å². The first-order valence-electron chi connectivity index (χ1n) is 2.99. The Morgan fingerprint density at radius 3 is 2.60 bits per heavy atom. The summed E-state index contributed by atoms with van der Waals surface area (Å²) in [5.41, 5.74) is 1.15. The Morgan fingerprint density at radius 2 is 2.00 bits per heavy atom. The Balaban J connectivity index is 2.50. The molecule has 1 nitrogen and oxygen atoms in total. The second-order valence-electron chi connectivity index (χ2n) is 1.86. The third-order valence-electron chi connectivity index (χ3n) is 1.15. The highest BCUT2D eigenvalue weighted by molar-refractivity contribution is 7.91. The first-order chi connectivity index (χ1) is 4.93. The smallest absolute Gasteiger partial charge is 0.0854 e. The van der Waals surface area contributed by atoms with E-state index in [2.05, 4.69) is 0 Å². The van der Waals surface area contributed by atoms with Gasteiger partial charge in [-0.2, -0.15) is 0 Å². The Morgan fingerprint density at radius 1 is 1.30 bits per heavy atom. The molecule has 1 aromatic carbocycles. The molecule has 0 unspecified atom stereocenters. The van der Waals surface area contributed by atoms with Crippen molar-refractivity contribution in [2.75, 3.05) is 0 Å². The zero-order valence-electron chi connectivity index (χ0n) is 5.53. The van der Waals surface area contributed by atoms with Gasteiger partial charge in [0.25, 0.3) is 0 Å². The van der Waals surface area contributed by atoms with Crippen molar-refractivity contribution in [1.82, 2.24) is 0 Å². The summed E-state index contributed by atoms with van der Waals surface area (Å²) in [4.78, 5) is 0. The molecule has 0 saturated carbocycles. The van der Waals surface area contributed by atoms with Crippen LogP contribution in [-0.2, 0) is 10.8 Å². The molecule has 10 heavy (non-hydrogen) atoms. The van der Waals surface area contributed by atoms with E-state index in [9.17, 15) is 0 Å². The van der Waals surface area contributed by atoms with E-state index in [4.69, 9.17) is 10.1 Å². The minimum Gasteiger partial charge on any atom is -0.321 e. The van der Waals surface area contributed by atoms with Crippen molar-refractivity contribution in [2.45, 2.75) is 6.61 Å². The molecule has 0 saturated heterocycles. The summed E-state index contributed by atoms with van der Waals surface area (Å²) in [6.07, 6.45) is 0. The van der Waals surface area contributed by atoms with Crippen LogP contribution in [0.4, 0.5) is 0 Å². The highest BCUT2D eigenvalue weighted by atomic mass is 32.2. The van der Waals surface area contributed by atoms with Crippen LogP contribution in [0.1, 0.15) is 5.56 Å². The Hall–Kier alpha value is -0.600. The van der Waals surface area contributed by atoms with Crippen LogP contribution in [0.5, 0.6) is 0 Å². The molecular weight excluding hydrogens is 144 g/mol. The lowest BCUT2D eigenvalue weighted by Crippen LogP contribution is -1.81. The molecule has 0 aliphatic rings. The third-order valence-corrected chi connectivity index (χ3v) is 1.43. The highest BCUT2D eigenvalue weighted by Crippen LogP contribution is 2.01. The van der Waals surface area contributed by atoms with Crippen LogP contribution in [0, 0.1) is 0 Å². The average Bonchev–Trinajstić information content (AvgIpc) is 2.03. The van der Waals surface area contributed by atoms with E-state index < -0.39 is 0 Å². The third kappa shape index (κ3) is 2.33. The van der Waals surface area contributed by atoms with Crippen LogP contribution in [0.15, 0.2) is 30.3 Å². The van der Waals surface area contributed by atoms with Gasteiger partial charge >= 0.3 is 0 Å². The molecule has 2 heteroatoms. The molecule has 0 N–H and O–H groups in total. The fourth-order valence-corrected chi connectivity index (χ4v) is 0.910. The van der Waals surface area contributed by atoms with Crippen molar-refractivity contribution >= 4 is 17.5 Å². The standard InChI is InChI=1S/C8H9OS/c1-10-9-7-8-5-3-2-4-6-8/h1-6,10H,7H2. The van der Waals surface area contributed by atoms with E-state index >= 15 is 0 Å². The van der Waals surface area contributed by atoms with Crippen molar-refractivity contribution in [3.05, 3.63) is 35.9 Å². The Kier molecular flexibility index (Phi) is 3.19. The minimum atomic E-state index is 0.490. The molecule has 1 aromatic rings. The van der Waals surface area contributed by atoms with E-state index in [1.807, 2.05) is 30.3 Å². The summed E-state index contributed by atoms with van der Waals surface area (Å²) in [6.45, 7) is 0.596. The van der Waals surface area contributed by atoms with Gasteiger partial charge in [0.05, 0.1) is 6.61 Å². The molecule has 0 amide bonds. The van der Waals surface area contributed by atoms with Crippen LogP contribution in [0.25, 0.3) is 0 Å². The van der Waals surface area contributed by atoms with Gasteiger partial charge in [-0.05, 0) is 11.4 Å². The summed E-state index contributed by atoms with van der Waals surface area (Å²) in [5.74, 6) is 5.13. The molecule has 0 aromatic heterocycles. The van der Waals surface area contributed by atoms with Gasteiger partial charge in [-0.15, -0.1) is 0 Å². The van der Waals surface area contributed by atoms with Gasteiger partial charge in [-0.3, -0.25) is 0 Å². The largest absolute Gasteiger partial charge is 0.321 e. The molecular formula is C8H9OS. The van der Waals surface area contributed by atoms with E-state index in [0.29, 0.717) is 18.2 Å². The molecule has 0 aliphatic heterocycles. The van der Waals surface area contributed by atoms with Crippen LogP contribution in [-0.4, -0.2) is 5.87 Å². The first-order valence-corrected chi connectivity index (χ1v) is 3.88. The maximum atomic E-state index is 5.13. The summed E-state index contributed by atoms with van der Waals surface area (Å²) in [6, 6.07) is 9.94. The number of benzene rings is 1. The van der Waals surface area contributed by atoms with E-state index in [-0.39, 0.29) is 0 Å². The number of thiol groups is 1. The van der Waals surface area contributed by atoms with Gasteiger partial charge in [0, 0.05) is 0 Å². The zero-order valence-corrected chi connectivity index (χ0v) is 6.42. The number of hydrogen-bond acceptors (Lipinski definition) is 1. The molecule has 1 rings (SSSR count). The Bertz CT molecular complexity index is 196. The topological polar surface area (TPSA) is 9.23 Å². The molecule has 0 fully saturated rings. The summed E-state index contributed by atoms with van der Waals surface area (Å²) in [5, 5.41) is 0. The summed E-state index contributed by atoms with van der Waals surface area (Å²) < 4.78 is 4.97. The van der Waals surface area contributed by atoms with Crippen LogP contribution >= 0.6 is 11.6 Å².